The van der Waals surface area contributed by atoms with Gasteiger partial charge in [0.05, 0.1) is 14.2 Å². The van der Waals surface area contributed by atoms with E-state index < -0.39 is 0 Å². The molecule has 0 aliphatic carbocycles. The highest BCUT2D eigenvalue weighted by molar-refractivity contribution is 5.69. The number of hydrogen-bond donors (Lipinski definition) is 0. The number of rotatable bonds is 6. The van der Waals surface area contributed by atoms with E-state index in [9.17, 15) is 0 Å². The Morgan fingerprint density at radius 1 is 0.667 bits per heavy atom. The van der Waals surface area contributed by atoms with Gasteiger partial charge in [0.2, 0.25) is 0 Å². The average molecular weight is 481 g/mol. The van der Waals surface area contributed by atoms with E-state index in [-0.39, 0.29) is 0 Å². The molecule has 0 bridgehead atoms. The van der Waals surface area contributed by atoms with E-state index in [1.54, 1.807) is 14.2 Å². The summed E-state index contributed by atoms with van der Waals surface area (Å²) in [6.07, 6.45) is 13.3. The third kappa shape index (κ3) is 4.73. The Kier molecular flexibility index (Phi) is 7.04. The van der Waals surface area contributed by atoms with Crippen LogP contribution in [0.1, 0.15) is 35.1 Å². The fraction of sp³-hybridized carbons (Fsp3) is 0.312. The molecule has 3 aromatic carbocycles. The Morgan fingerprint density at radius 3 is 1.50 bits per heavy atom. The second-order valence-corrected chi connectivity index (χ2v) is 9.75. The van der Waals surface area contributed by atoms with Crippen LogP contribution in [0.5, 0.6) is 11.5 Å². The minimum Gasteiger partial charge on any atom is -0.496 e. The summed E-state index contributed by atoms with van der Waals surface area (Å²) in [6, 6.07) is 22.2. The summed E-state index contributed by atoms with van der Waals surface area (Å²) in [7, 11) is 7.84. The van der Waals surface area contributed by atoms with Crippen molar-refractivity contribution in [2.24, 2.45) is 0 Å². The molecule has 2 unspecified atom stereocenters. The first-order chi connectivity index (χ1) is 17.6. The van der Waals surface area contributed by atoms with Crippen molar-refractivity contribution in [3.05, 3.63) is 95.1 Å². The third-order valence-corrected chi connectivity index (χ3v) is 7.73. The smallest absolute Gasteiger partial charge is 0.126 e. The maximum atomic E-state index is 5.80. The van der Waals surface area contributed by atoms with Crippen molar-refractivity contribution in [2.75, 3.05) is 38.1 Å². The zero-order valence-corrected chi connectivity index (χ0v) is 21.8. The molecule has 0 saturated heterocycles. The van der Waals surface area contributed by atoms with Gasteiger partial charge in [-0.05, 0) is 61.1 Å². The van der Waals surface area contributed by atoms with Gasteiger partial charge in [-0.25, -0.2) is 0 Å². The zero-order valence-electron chi connectivity index (χ0n) is 21.8. The Morgan fingerprint density at radius 2 is 1.08 bits per heavy atom. The highest BCUT2D eigenvalue weighted by atomic mass is 16.5. The molecule has 0 saturated carbocycles. The molecule has 5 rings (SSSR count). The molecule has 4 nitrogen and oxygen atoms in total. The van der Waals surface area contributed by atoms with Crippen LogP contribution in [0, 0.1) is 0 Å². The highest BCUT2D eigenvalue weighted by Gasteiger charge is 2.22. The van der Waals surface area contributed by atoms with Crippen molar-refractivity contribution >= 4 is 23.5 Å². The van der Waals surface area contributed by atoms with Crippen LogP contribution in [-0.2, 0) is 12.8 Å². The van der Waals surface area contributed by atoms with E-state index >= 15 is 0 Å². The van der Waals surface area contributed by atoms with Gasteiger partial charge in [0.25, 0.3) is 0 Å². The second-order valence-electron chi connectivity index (χ2n) is 9.75. The molecule has 2 aliphatic rings. The summed E-state index contributed by atoms with van der Waals surface area (Å²) in [6.45, 7) is 0. The zero-order chi connectivity index (χ0) is 25.1. The van der Waals surface area contributed by atoms with Crippen LogP contribution in [0.4, 0.5) is 11.4 Å². The normalized spacial score (nSPS) is 19.4. The molecule has 3 aromatic rings. The molecular formula is C32H36N2O2. The van der Waals surface area contributed by atoms with Gasteiger partial charge in [-0.1, -0.05) is 60.7 Å². The minimum absolute atomic E-state index is 0.347. The van der Waals surface area contributed by atoms with Crippen LogP contribution in [0.15, 0.2) is 72.8 Å². The molecule has 186 valence electrons. The van der Waals surface area contributed by atoms with E-state index in [2.05, 4.69) is 109 Å². The quantitative estimate of drug-likeness (QED) is 0.395. The van der Waals surface area contributed by atoms with Crippen LogP contribution in [-0.4, -0.2) is 40.4 Å². The molecule has 0 amide bonds. The molecule has 2 atom stereocenters. The fourth-order valence-electron chi connectivity index (χ4n) is 5.57. The van der Waals surface area contributed by atoms with Crippen molar-refractivity contribution < 1.29 is 9.47 Å². The van der Waals surface area contributed by atoms with E-state index in [0.29, 0.717) is 12.1 Å². The van der Waals surface area contributed by atoms with E-state index in [0.717, 1.165) is 48.3 Å². The van der Waals surface area contributed by atoms with Crippen molar-refractivity contribution in [3.63, 3.8) is 0 Å². The standard InChI is InChI=1S/C32H36N2O2/c1-33-27(17-13-23-9-5-7-11-29(23)33)19-15-25-21-32(36-4)26(22-31(25)35-3)16-20-28-18-14-24-10-6-8-12-30(24)34(28)2/h5-12,15-16,19-22,27-28H,13-14,17-18H2,1-4H3/b19-15+,20-16+. The number of aryl methyl sites for hydroxylation is 2. The van der Waals surface area contributed by atoms with Gasteiger partial charge in [-0.2, -0.15) is 0 Å². The van der Waals surface area contributed by atoms with Crippen molar-refractivity contribution in [3.8, 4) is 11.5 Å². The summed E-state index contributed by atoms with van der Waals surface area (Å²) >= 11 is 0. The molecule has 0 N–H and O–H groups in total. The number of hydrogen-bond acceptors (Lipinski definition) is 4. The maximum absolute atomic E-state index is 5.80. The average Bonchev–Trinajstić information content (AvgIpc) is 2.92. The van der Waals surface area contributed by atoms with E-state index in [1.165, 1.54) is 22.5 Å². The molecule has 2 aliphatic heterocycles. The lowest BCUT2D eigenvalue weighted by Crippen LogP contribution is -2.34. The predicted molar refractivity (Wildman–Crippen MR) is 152 cm³/mol. The Balaban J connectivity index is 1.36. The largest absolute Gasteiger partial charge is 0.496 e. The van der Waals surface area contributed by atoms with Crippen LogP contribution >= 0.6 is 0 Å². The first-order valence-electron chi connectivity index (χ1n) is 12.8. The lowest BCUT2D eigenvalue weighted by molar-refractivity contribution is 0.401. The van der Waals surface area contributed by atoms with Crippen LogP contribution in [0.25, 0.3) is 12.2 Å². The summed E-state index contributed by atoms with van der Waals surface area (Å²) in [4.78, 5) is 4.74. The van der Waals surface area contributed by atoms with Gasteiger partial charge in [0, 0.05) is 48.7 Å². The van der Waals surface area contributed by atoms with Gasteiger partial charge < -0.3 is 19.3 Å². The van der Waals surface area contributed by atoms with Crippen LogP contribution in [0.2, 0.25) is 0 Å². The van der Waals surface area contributed by atoms with Crippen molar-refractivity contribution in [1.29, 1.82) is 0 Å². The number of fused-ring (bicyclic) bond motifs is 2. The van der Waals surface area contributed by atoms with Gasteiger partial charge in [-0.3, -0.25) is 0 Å². The first-order valence-corrected chi connectivity index (χ1v) is 12.8. The molecule has 36 heavy (non-hydrogen) atoms. The number of para-hydroxylation sites is 2. The molecule has 0 fully saturated rings. The first kappa shape index (κ1) is 24.1. The molecule has 0 radical (unpaired) electrons. The lowest BCUT2D eigenvalue weighted by Gasteiger charge is -2.34. The summed E-state index contributed by atoms with van der Waals surface area (Å²) < 4.78 is 11.6. The summed E-state index contributed by atoms with van der Waals surface area (Å²) in [5.41, 5.74) is 7.54. The van der Waals surface area contributed by atoms with E-state index in [4.69, 9.17) is 9.47 Å². The monoisotopic (exact) mass is 480 g/mol. The number of anilines is 2. The number of benzene rings is 3. The number of methoxy groups -OCH3 is 2. The Bertz CT molecular complexity index is 1180. The predicted octanol–water partition coefficient (Wildman–Crippen LogP) is 6.63. The van der Waals surface area contributed by atoms with E-state index in [1.807, 2.05) is 0 Å². The van der Waals surface area contributed by atoms with Gasteiger partial charge in [-0.15, -0.1) is 0 Å². The Hall–Kier alpha value is -3.66. The molecule has 4 heteroatoms. The lowest BCUT2D eigenvalue weighted by atomic mass is 9.95. The molecule has 0 spiro atoms. The molecule has 2 heterocycles. The van der Waals surface area contributed by atoms with Gasteiger partial charge in [0.1, 0.15) is 11.5 Å². The van der Waals surface area contributed by atoms with Crippen LogP contribution in [0.3, 0.4) is 0 Å². The van der Waals surface area contributed by atoms with Gasteiger partial charge in [0.15, 0.2) is 0 Å². The van der Waals surface area contributed by atoms with Crippen molar-refractivity contribution in [2.45, 2.75) is 37.8 Å². The Labute approximate surface area is 215 Å². The number of likely N-dealkylation sites (N-methyl/N-ethyl adjacent to an activating group) is 2. The van der Waals surface area contributed by atoms with Crippen molar-refractivity contribution in [1.82, 2.24) is 0 Å². The minimum atomic E-state index is 0.347. The topological polar surface area (TPSA) is 24.9 Å². The third-order valence-electron chi connectivity index (χ3n) is 7.73. The second kappa shape index (κ2) is 10.5. The SMILES string of the molecule is COc1cc(/C=C/C2CCc3ccccc3N2C)c(OC)cc1/C=C/C1CCc2ccccc2N1C. The van der Waals surface area contributed by atoms with Gasteiger partial charge >= 0.3 is 0 Å². The molecular weight excluding hydrogens is 444 g/mol. The number of nitrogens with zero attached hydrogens (tertiary/aromatic N) is 2. The number of ether oxygens (including phenoxy) is 2. The summed E-state index contributed by atoms with van der Waals surface area (Å²) in [5, 5.41) is 0. The highest BCUT2D eigenvalue weighted by Crippen LogP contribution is 2.34. The fourth-order valence-corrected chi connectivity index (χ4v) is 5.57. The summed E-state index contributed by atoms with van der Waals surface area (Å²) in [5.74, 6) is 1.71. The molecule has 0 aromatic heterocycles. The maximum Gasteiger partial charge on any atom is 0.126 e. The van der Waals surface area contributed by atoms with Crippen LogP contribution < -0.4 is 19.3 Å².